The summed E-state index contributed by atoms with van der Waals surface area (Å²) in [6.45, 7) is 3.20. The van der Waals surface area contributed by atoms with Crippen LogP contribution in [0.2, 0.25) is 0 Å². The summed E-state index contributed by atoms with van der Waals surface area (Å²) >= 11 is 0. The van der Waals surface area contributed by atoms with Crippen LogP contribution >= 0.6 is 0 Å². The number of benzene rings is 1. The monoisotopic (exact) mass is 411 g/mol. The normalized spacial score (nSPS) is 30.3. The number of rotatable bonds is 3. The standard InChI is InChI=1S/C23H29N3O4/c27-19-6-8-23(21(29)25-12-14-30-15-13-25)16-26(11-7-18(23)24-19)20(28)22(9-10-22)17-4-2-1-3-5-17/h1-5,18H,6-16H2,(H,24,27)/t18-,23+/m1/s1. The molecule has 1 aromatic carbocycles. The van der Waals surface area contributed by atoms with Crippen LogP contribution in [0.5, 0.6) is 0 Å². The van der Waals surface area contributed by atoms with Crippen LogP contribution in [-0.2, 0) is 24.5 Å². The summed E-state index contributed by atoms with van der Waals surface area (Å²) in [5.41, 5.74) is -0.0937. The summed E-state index contributed by atoms with van der Waals surface area (Å²) in [5.74, 6) is 0.212. The van der Waals surface area contributed by atoms with Crippen molar-refractivity contribution in [1.29, 1.82) is 0 Å². The number of amides is 3. The predicted octanol–water partition coefficient (Wildman–Crippen LogP) is 1.07. The molecule has 1 saturated carbocycles. The van der Waals surface area contributed by atoms with Crippen molar-refractivity contribution in [3.05, 3.63) is 35.9 Å². The SMILES string of the molecule is O=C1CC[C@]2(C(=O)N3CCOCC3)CN(C(=O)C3(c4ccccc4)CC3)CC[C@H]2N1. The molecule has 3 saturated heterocycles. The molecule has 7 heteroatoms. The van der Waals surface area contributed by atoms with Crippen molar-refractivity contribution in [1.82, 2.24) is 15.1 Å². The van der Waals surface area contributed by atoms with Crippen LogP contribution in [0.15, 0.2) is 30.3 Å². The lowest BCUT2D eigenvalue weighted by Gasteiger charge is -2.51. The van der Waals surface area contributed by atoms with E-state index in [2.05, 4.69) is 5.32 Å². The van der Waals surface area contributed by atoms with Gasteiger partial charge in [0.1, 0.15) is 0 Å². The minimum Gasteiger partial charge on any atom is -0.378 e. The number of fused-ring (bicyclic) bond motifs is 1. The average molecular weight is 412 g/mol. The first kappa shape index (κ1) is 19.5. The van der Waals surface area contributed by atoms with Gasteiger partial charge in [0, 0.05) is 38.6 Å². The zero-order chi connectivity index (χ0) is 20.8. The second kappa shape index (κ2) is 7.38. The fourth-order valence-electron chi connectivity index (χ4n) is 5.55. The molecular formula is C23H29N3O4. The minimum absolute atomic E-state index is 0.00753. The topological polar surface area (TPSA) is 79.0 Å². The minimum atomic E-state index is -0.730. The third-order valence-electron chi connectivity index (χ3n) is 7.46. The largest absolute Gasteiger partial charge is 0.378 e. The van der Waals surface area contributed by atoms with Crippen molar-refractivity contribution < 1.29 is 19.1 Å². The lowest BCUT2D eigenvalue weighted by atomic mass is 9.68. The average Bonchev–Trinajstić information content (AvgIpc) is 3.61. The molecule has 1 aliphatic carbocycles. The number of piperidine rings is 2. The van der Waals surface area contributed by atoms with E-state index in [4.69, 9.17) is 4.74 Å². The van der Waals surface area contributed by atoms with E-state index in [0.29, 0.717) is 58.7 Å². The molecule has 4 fully saturated rings. The van der Waals surface area contributed by atoms with Gasteiger partial charge in [0.15, 0.2) is 0 Å². The van der Waals surface area contributed by atoms with Crippen molar-refractivity contribution in [2.75, 3.05) is 39.4 Å². The number of hydrogen-bond acceptors (Lipinski definition) is 4. The first-order valence-electron chi connectivity index (χ1n) is 11.1. The van der Waals surface area contributed by atoms with Gasteiger partial charge in [-0.1, -0.05) is 30.3 Å². The highest BCUT2D eigenvalue weighted by Gasteiger charge is 2.58. The van der Waals surface area contributed by atoms with Gasteiger partial charge >= 0.3 is 0 Å². The lowest BCUT2D eigenvalue weighted by Crippen LogP contribution is -2.68. The molecule has 30 heavy (non-hydrogen) atoms. The first-order valence-corrected chi connectivity index (χ1v) is 11.1. The Kier molecular flexibility index (Phi) is 4.81. The predicted molar refractivity (Wildman–Crippen MR) is 110 cm³/mol. The van der Waals surface area contributed by atoms with Gasteiger partial charge in [0.25, 0.3) is 0 Å². The molecule has 3 heterocycles. The number of hydrogen-bond donors (Lipinski definition) is 1. The Morgan fingerprint density at radius 3 is 2.40 bits per heavy atom. The smallest absolute Gasteiger partial charge is 0.233 e. The van der Waals surface area contributed by atoms with Crippen LogP contribution in [0.4, 0.5) is 0 Å². The Balaban J connectivity index is 1.42. The van der Waals surface area contributed by atoms with Crippen LogP contribution < -0.4 is 5.32 Å². The summed E-state index contributed by atoms with van der Waals surface area (Å²) < 4.78 is 5.42. The molecule has 3 aliphatic heterocycles. The number of morpholine rings is 1. The Morgan fingerprint density at radius 2 is 1.70 bits per heavy atom. The van der Waals surface area contributed by atoms with Gasteiger partial charge in [-0.25, -0.2) is 0 Å². The quantitative estimate of drug-likeness (QED) is 0.807. The zero-order valence-electron chi connectivity index (χ0n) is 17.3. The summed E-state index contributed by atoms with van der Waals surface area (Å²) in [5, 5.41) is 3.07. The number of nitrogens with zero attached hydrogens (tertiary/aromatic N) is 2. The summed E-state index contributed by atoms with van der Waals surface area (Å²) in [6, 6.07) is 9.80. The Bertz CT molecular complexity index is 847. The maximum Gasteiger partial charge on any atom is 0.233 e. The molecule has 2 atom stereocenters. The van der Waals surface area contributed by atoms with E-state index in [9.17, 15) is 14.4 Å². The molecule has 0 unspecified atom stereocenters. The molecule has 0 aromatic heterocycles. The van der Waals surface area contributed by atoms with Crippen molar-refractivity contribution >= 4 is 17.7 Å². The van der Waals surface area contributed by atoms with E-state index in [1.807, 2.05) is 40.1 Å². The molecule has 0 radical (unpaired) electrons. The number of carbonyl (C=O) groups excluding carboxylic acids is 3. The summed E-state index contributed by atoms with van der Waals surface area (Å²) in [6.07, 6.45) is 3.17. The zero-order valence-corrected chi connectivity index (χ0v) is 17.3. The molecule has 7 nitrogen and oxygen atoms in total. The third-order valence-corrected chi connectivity index (χ3v) is 7.46. The fraction of sp³-hybridized carbons (Fsp3) is 0.609. The van der Waals surface area contributed by atoms with Crippen molar-refractivity contribution in [2.24, 2.45) is 5.41 Å². The van der Waals surface area contributed by atoms with E-state index in [0.717, 1.165) is 18.4 Å². The fourth-order valence-corrected chi connectivity index (χ4v) is 5.55. The molecule has 3 amide bonds. The van der Waals surface area contributed by atoms with Gasteiger partial charge in [-0.15, -0.1) is 0 Å². The van der Waals surface area contributed by atoms with Gasteiger partial charge < -0.3 is 19.9 Å². The maximum atomic E-state index is 13.7. The van der Waals surface area contributed by atoms with Gasteiger partial charge in [-0.2, -0.15) is 0 Å². The van der Waals surface area contributed by atoms with Gasteiger partial charge in [0.2, 0.25) is 17.7 Å². The summed E-state index contributed by atoms with van der Waals surface area (Å²) in [7, 11) is 0. The second-order valence-electron chi connectivity index (χ2n) is 9.14. The van der Waals surface area contributed by atoms with Gasteiger partial charge in [-0.05, 0) is 31.2 Å². The number of ether oxygens (including phenoxy) is 1. The molecule has 1 aromatic rings. The molecule has 4 aliphatic rings. The molecule has 5 rings (SSSR count). The number of nitrogens with one attached hydrogen (secondary N) is 1. The van der Waals surface area contributed by atoms with Gasteiger partial charge in [-0.3, -0.25) is 14.4 Å². The first-order chi connectivity index (χ1) is 14.6. The van der Waals surface area contributed by atoms with Crippen molar-refractivity contribution in [2.45, 2.75) is 43.6 Å². The van der Waals surface area contributed by atoms with E-state index < -0.39 is 10.8 Å². The molecule has 1 N–H and O–H groups in total. The van der Waals surface area contributed by atoms with Crippen LogP contribution in [0.3, 0.4) is 0 Å². The Labute approximate surface area is 176 Å². The third kappa shape index (κ3) is 3.11. The van der Waals surface area contributed by atoms with E-state index in [1.54, 1.807) is 0 Å². The van der Waals surface area contributed by atoms with E-state index in [-0.39, 0.29) is 23.8 Å². The van der Waals surface area contributed by atoms with Crippen LogP contribution in [0, 0.1) is 5.41 Å². The molecule has 0 spiro atoms. The highest BCUT2D eigenvalue weighted by Crippen LogP contribution is 2.51. The van der Waals surface area contributed by atoms with Crippen molar-refractivity contribution in [3.8, 4) is 0 Å². The highest BCUT2D eigenvalue weighted by atomic mass is 16.5. The highest BCUT2D eigenvalue weighted by molar-refractivity contribution is 5.93. The van der Waals surface area contributed by atoms with Crippen molar-refractivity contribution in [3.63, 3.8) is 0 Å². The number of likely N-dealkylation sites (tertiary alicyclic amines) is 1. The summed E-state index contributed by atoms with van der Waals surface area (Å²) in [4.78, 5) is 43.2. The van der Waals surface area contributed by atoms with E-state index >= 15 is 0 Å². The van der Waals surface area contributed by atoms with Crippen LogP contribution in [-0.4, -0.2) is 73.0 Å². The Morgan fingerprint density at radius 1 is 0.967 bits per heavy atom. The van der Waals surface area contributed by atoms with Crippen LogP contribution in [0.25, 0.3) is 0 Å². The van der Waals surface area contributed by atoms with Gasteiger partial charge in [0.05, 0.1) is 24.0 Å². The Hall–Kier alpha value is -2.41. The maximum absolute atomic E-state index is 13.7. The van der Waals surface area contributed by atoms with Crippen LogP contribution in [0.1, 0.15) is 37.7 Å². The molecule has 0 bridgehead atoms. The molecular weight excluding hydrogens is 382 g/mol. The molecule has 160 valence electrons. The number of carbonyl (C=O) groups is 3. The second-order valence-corrected chi connectivity index (χ2v) is 9.14. The lowest BCUT2D eigenvalue weighted by molar-refractivity contribution is -0.159. The van der Waals surface area contributed by atoms with E-state index in [1.165, 1.54) is 0 Å².